The Kier molecular flexibility index (Phi) is 2.33. The van der Waals surface area contributed by atoms with Crippen molar-refractivity contribution >= 4 is 16.8 Å². The molecule has 0 fully saturated rings. The van der Waals surface area contributed by atoms with Crippen LogP contribution in [0.3, 0.4) is 0 Å². The average Bonchev–Trinajstić information content (AvgIpc) is 2.74. The minimum Gasteiger partial charge on any atom is -0.497 e. The molecule has 1 amide bonds. The summed E-state index contributed by atoms with van der Waals surface area (Å²) < 4.78 is 5.30. The van der Waals surface area contributed by atoms with Crippen molar-refractivity contribution in [2.45, 2.75) is 13.3 Å². The smallest absolute Gasteiger partial charge is 0.270 e. The molecule has 3 rings (SSSR count). The first-order chi connectivity index (χ1) is 8.61. The minimum atomic E-state index is 0.0748. The van der Waals surface area contributed by atoms with Crippen LogP contribution in [-0.4, -0.2) is 36.5 Å². The third kappa shape index (κ3) is 1.41. The molecule has 0 atom stereocenters. The number of fused-ring (bicyclic) bond motifs is 3. The second kappa shape index (κ2) is 3.77. The number of benzene rings is 1. The van der Waals surface area contributed by atoms with E-state index in [0.29, 0.717) is 0 Å². The van der Waals surface area contributed by atoms with E-state index in [1.165, 1.54) is 0 Å². The van der Waals surface area contributed by atoms with E-state index in [1.54, 1.807) is 12.0 Å². The zero-order chi connectivity index (χ0) is 12.9. The van der Waals surface area contributed by atoms with Crippen molar-refractivity contribution in [1.29, 1.82) is 0 Å². The lowest BCUT2D eigenvalue weighted by Gasteiger charge is -2.22. The second-order valence-electron chi connectivity index (χ2n) is 4.82. The van der Waals surface area contributed by atoms with Crippen LogP contribution in [0.25, 0.3) is 10.9 Å². The van der Waals surface area contributed by atoms with Crippen LogP contribution in [0.4, 0.5) is 0 Å². The number of nitrogens with zero attached hydrogens (tertiary/aromatic N) is 1. The number of amides is 1. The molecule has 0 aliphatic carbocycles. The molecular weight excluding hydrogens is 228 g/mol. The van der Waals surface area contributed by atoms with E-state index < -0.39 is 0 Å². The van der Waals surface area contributed by atoms with Crippen LogP contribution in [0.1, 0.15) is 21.6 Å². The number of carbonyl (C=O) groups excluding carboxylic acids is 1. The summed E-state index contributed by atoms with van der Waals surface area (Å²) in [7, 11) is 3.50. The maximum absolute atomic E-state index is 12.1. The van der Waals surface area contributed by atoms with Gasteiger partial charge in [-0.2, -0.15) is 0 Å². The van der Waals surface area contributed by atoms with Crippen LogP contribution in [0.5, 0.6) is 5.75 Å². The lowest BCUT2D eigenvalue weighted by molar-refractivity contribution is 0.0776. The third-order valence-corrected chi connectivity index (χ3v) is 3.68. The molecule has 0 bridgehead atoms. The Morgan fingerprint density at radius 1 is 1.39 bits per heavy atom. The fourth-order valence-corrected chi connectivity index (χ4v) is 2.63. The highest BCUT2D eigenvalue weighted by molar-refractivity contribution is 6.03. The number of rotatable bonds is 1. The van der Waals surface area contributed by atoms with Crippen LogP contribution >= 0.6 is 0 Å². The van der Waals surface area contributed by atoms with E-state index in [2.05, 4.69) is 4.98 Å². The first kappa shape index (κ1) is 11.1. The molecule has 2 heterocycles. The summed E-state index contributed by atoms with van der Waals surface area (Å²) in [5.41, 5.74) is 4.00. The predicted octanol–water partition coefficient (Wildman–Crippen LogP) is 2.11. The molecular formula is C14H16N2O2. The summed E-state index contributed by atoms with van der Waals surface area (Å²) in [6, 6.07) is 3.99. The number of H-pyrrole nitrogens is 1. The van der Waals surface area contributed by atoms with Crippen molar-refractivity contribution in [3.63, 3.8) is 0 Å². The fourth-order valence-electron chi connectivity index (χ4n) is 2.63. The van der Waals surface area contributed by atoms with E-state index in [4.69, 9.17) is 4.74 Å². The summed E-state index contributed by atoms with van der Waals surface area (Å²) in [5.74, 6) is 0.916. The number of nitrogens with one attached hydrogen (secondary N) is 1. The molecule has 0 spiro atoms. The average molecular weight is 244 g/mol. The fraction of sp³-hybridized carbons (Fsp3) is 0.357. The summed E-state index contributed by atoms with van der Waals surface area (Å²) in [6.07, 6.45) is 0.893. The van der Waals surface area contributed by atoms with Gasteiger partial charge in [-0.15, -0.1) is 0 Å². The number of aryl methyl sites for hydroxylation is 1. The molecule has 4 heteroatoms. The molecule has 1 aromatic heterocycles. The lowest BCUT2D eigenvalue weighted by atomic mass is 10.0. The highest BCUT2D eigenvalue weighted by Gasteiger charge is 2.26. The van der Waals surface area contributed by atoms with Gasteiger partial charge >= 0.3 is 0 Å². The van der Waals surface area contributed by atoms with E-state index >= 15 is 0 Å². The lowest BCUT2D eigenvalue weighted by Crippen LogP contribution is -2.33. The standard InChI is InChI=1S/C14H16N2O2/c1-8-6-9(18-3)7-11-10-4-5-16(2)14(17)13(10)15-12(8)11/h6-7,15H,4-5H2,1-3H3. The zero-order valence-corrected chi connectivity index (χ0v) is 10.8. The van der Waals surface area contributed by atoms with Crippen molar-refractivity contribution in [3.8, 4) is 5.75 Å². The Bertz CT molecular complexity index is 643. The number of carbonyl (C=O) groups is 1. The first-order valence-electron chi connectivity index (χ1n) is 6.06. The maximum Gasteiger partial charge on any atom is 0.270 e. The molecule has 1 N–H and O–H groups in total. The largest absolute Gasteiger partial charge is 0.497 e. The molecule has 1 aromatic carbocycles. The third-order valence-electron chi connectivity index (χ3n) is 3.68. The Labute approximate surface area is 106 Å². The predicted molar refractivity (Wildman–Crippen MR) is 70.3 cm³/mol. The van der Waals surface area contributed by atoms with Crippen molar-refractivity contribution in [2.24, 2.45) is 0 Å². The number of hydrogen-bond acceptors (Lipinski definition) is 2. The number of methoxy groups -OCH3 is 1. The van der Waals surface area contributed by atoms with E-state index in [9.17, 15) is 4.79 Å². The summed E-state index contributed by atoms with van der Waals surface area (Å²) >= 11 is 0. The molecule has 1 aliphatic rings. The molecule has 0 unspecified atom stereocenters. The number of ether oxygens (including phenoxy) is 1. The van der Waals surface area contributed by atoms with Crippen LogP contribution in [0.15, 0.2) is 12.1 Å². The van der Waals surface area contributed by atoms with Crippen molar-refractivity contribution in [3.05, 3.63) is 29.0 Å². The van der Waals surface area contributed by atoms with Gasteiger partial charge in [-0.25, -0.2) is 0 Å². The van der Waals surface area contributed by atoms with E-state index in [-0.39, 0.29) is 5.91 Å². The SMILES string of the molecule is COc1cc(C)c2[nH]c3c(c2c1)CCN(C)C3=O. The molecule has 0 saturated carbocycles. The first-order valence-corrected chi connectivity index (χ1v) is 6.06. The second-order valence-corrected chi connectivity index (χ2v) is 4.82. The van der Waals surface area contributed by atoms with Crippen LogP contribution in [0.2, 0.25) is 0 Å². The van der Waals surface area contributed by atoms with E-state index in [0.717, 1.165) is 46.4 Å². The molecule has 94 valence electrons. The van der Waals surface area contributed by atoms with Gasteiger partial charge in [0, 0.05) is 24.5 Å². The van der Waals surface area contributed by atoms with Gasteiger partial charge in [-0.3, -0.25) is 4.79 Å². The Hall–Kier alpha value is -1.97. The highest BCUT2D eigenvalue weighted by atomic mass is 16.5. The van der Waals surface area contributed by atoms with Gasteiger partial charge in [0.25, 0.3) is 5.91 Å². The van der Waals surface area contributed by atoms with Crippen LogP contribution in [0, 0.1) is 6.92 Å². The quantitative estimate of drug-likeness (QED) is 0.835. The topological polar surface area (TPSA) is 45.3 Å². The van der Waals surface area contributed by atoms with Crippen molar-refractivity contribution in [2.75, 3.05) is 20.7 Å². The van der Waals surface area contributed by atoms with Crippen LogP contribution < -0.4 is 4.74 Å². The van der Waals surface area contributed by atoms with Gasteiger partial charge in [0.15, 0.2) is 0 Å². The molecule has 4 nitrogen and oxygen atoms in total. The van der Waals surface area contributed by atoms with Gasteiger partial charge in [0.2, 0.25) is 0 Å². The Morgan fingerprint density at radius 2 is 2.17 bits per heavy atom. The van der Waals surface area contributed by atoms with Gasteiger partial charge in [-0.1, -0.05) is 0 Å². The van der Waals surface area contributed by atoms with Crippen molar-refractivity contribution in [1.82, 2.24) is 9.88 Å². The maximum atomic E-state index is 12.1. The normalized spacial score (nSPS) is 15.1. The van der Waals surface area contributed by atoms with Crippen molar-refractivity contribution < 1.29 is 9.53 Å². The molecule has 0 radical (unpaired) electrons. The monoisotopic (exact) mass is 244 g/mol. The Morgan fingerprint density at radius 3 is 2.89 bits per heavy atom. The summed E-state index contributed by atoms with van der Waals surface area (Å²) in [5, 5.41) is 1.11. The molecule has 0 saturated heterocycles. The van der Waals surface area contributed by atoms with Gasteiger partial charge in [0.05, 0.1) is 7.11 Å². The zero-order valence-electron chi connectivity index (χ0n) is 10.8. The minimum absolute atomic E-state index is 0.0748. The van der Waals surface area contributed by atoms with E-state index in [1.807, 2.05) is 26.1 Å². The molecule has 2 aromatic rings. The number of aromatic nitrogens is 1. The Balaban J connectivity index is 2.31. The van der Waals surface area contributed by atoms with Crippen LogP contribution in [-0.2, 0) is 6.42 Å². The van der Waals surface area contributed by atoms with Gasteiger partial charge < -0.3 is 14.6 Å². The molecule has 18 heavy (non-hydrogen) atoms. The number of aromatic amines is 1. The molecule has 1 aliphatic heterocycles. The highest BCUT2D eigenvalue weighted by Crippen LogP contribution is 2.32. The number of likely N-dealkylation sites (N-methyl/N-ethyl adjacent to an activating group) is 1. The summed E-state index contributed by atoms with van der Waals surface area (Å²) in [6.45, 7) is 2.80. The summed E-state index contributed by atoms with van der Waals surface area (Å²) in [4.78, 5) is 17.1. The van der Waals surface area contributed by atoms with Gasteiger partial charge in [-0.05, 0) is 36.6 Å². The van der Waals surface area contributed by atoms with Gasteiger partial charge in [0.1, 0.15) is 11.4 Å². The number of hydrogen-bond donors (Lipinski definition) is 1.